The number of hydrogen-bond acceptors (Lipinski definition) is 3. The Labute approximate surface area is 98.3 Å². The Balaban J connectivity index is 2.59. The van der Waals surface area contributed by atoms with Crippen molar-refractivity contribution >= 4 is 0 Å². The number of nitrogens with zero attached hydrogens (tertiary/aromatic N) is 2. The summed E-state index contributed by atoms with van der Waals surface area (Å²) in [5, 5.41) is 13.2. The maximum atomic E-state index is 14.0. The van der Waals surface area contributed by atoms with Crippen LogP contribution in [-0.4, -0.2) is 22.0 Å². The molecule has 0 aliphatic rings. The summed E-state index contributed by atoms with van der Waals surface area (Å²) in [6, 6.07) is 4.88. The number of ether oxygens (including phenoxy) is 1. The molecule has 0 saturated carbocycles. The average Bonchev–Trinajstić information content (AvgIpc) is 2.70. The summed E-state index contributed by atoms with van der Waals surface area (Å²) in [6.07, 6.45) is 1.67. The molecule has 0 spiro atoms. The number of halogens is 1. The minimum atomic E-state index is -0.447. The minimum absolute atomic E-state index is 0.176. The number of methoxy groups -OCH3 is 1. The molecule has 17 heavy (non-hydrogen) atoms. The van der Waals surface area contributed by atoms with Crippen LogP contribution >= 0.6 is 0 Å². The van der Waals surface area contributed by atoms with Gasteiger partial charge in [-0.15, -0.1) is 0 Å². The second-order valence-electron chi connectivity index (χ2n) is 3.64. The Bertz CT molecular complexity index is 537. The standard InChI is InChI=1S/C12H13FN2O2/c1-15-6-9(10(7-16)14-15)8-4-3-5-11(17-2)12(8)13/h3-6,16H,7H2,1-2H3. The quantitative estimate of drug-likeness (QED) is 0.882. The van der Waals surface area contributed by atoms with Gasteiger partial charge in [0.15, 0.2) is 11.6 Å². The number of aliphatic hydroxyl groups is 1. The summed E-state index contributed by atoms with van der Waals surface area (Å²) in [5.41, 5.74) is 1.40. The van der Waals surface area contributed by atoms with Crippen LogP contribution in [0.1, 0.15) is 5.69 Å². The number of benzene rings is 1. The lowest BCUT2D eigenvalue weighted by Gasteiger charge is -2.06. The Morgan fingerprint density at radius 2 is 2.18 bits per heavy atom. The van der Waals surface area contributed by atoms with Crippen LogP contribution in [0.3, 0.4) is 0 Å². The second kappa shape index (κ2) is 4.55. The molecule has 1 aromatic carbocycles. The highest BCUT2D eigenvalue weighted by atomic mass is 19.1. The Kier molecular flexibility index (Phi) is 3.10. The van der Waals surface area contributed by atoms with Crippen molar-refractivity contribution in [3.8, 4) is 16.9 Å². The molecule has 0 atom stereocenters. The van der Waals surface area contributed by atoms with Gasteiger partial charge < -0.3 is 9.84 Å². The molecule has 0 fully saturated rings. The molecule has 0 amide bonds. The predicted octanol–water partition coefficient (Wildman–Crippen LogP) is 1.73. The van der Waals surface area contributed by atoms with Crippen LogP contribution in [0.5, 0.6) is 5.75 Å². The van der Waals surface area contributed by atoms with Crippen LogP contribution in [0, 0.1) is 5.82 Å². The third kappa shape index (κ3) is 2.01. The van der Waals surface area contributed by atoms with E-state index in [0.29, 0.717) is 16.8 Å². The molecule has 1 aromatic heterocycles. The smallest absolute Gasteiger partial charge is 0.172 e. The van der Waals surface area contributed by atoms with E-state index in [9.17, 15) is 9.50 Å². The van der Waals surface area contributed by atoms with Crippen molar-refractivity contribution in [2.75, 3.05) is 7.11 Å². The van der Waals surface area contributed by atoms with Crippen LogP contribution in [0.2, 0.25) is 0 Å². The van der Waals surface area contributed by atoms with Gasteiger partial charge in [-0.2, -0.15) is 5.10 Å². The monoisotopic (exact) mass is 236 g/mol. The van der Waals surface area contributed by atoms with Crippen molar-refractivity contribution in [1.82, 2.24) is 9.78 Å². The zero-order valence-electron chi connectivity index (χ0n) is 9.64. The fraction of sp³-hybridized carbons (Fsp3) is 0.250. The van der Waals surface area contributed by atoms with Crippen molar-refractivity contribution in [3.05, 3.63) is 35.9 Å². The second-order valence-corrected chi connectivity index (χ2v) is 3.64. The third-order valence-electron chi connectivity index (χ3n) is 2.53. The van der Waals surface area contributed by atoms with Crippen molar-refractivity contribution in [2.24, 2.45) is 7.05 Å². The lowest BCUT2D eigenvalue weighted by atomic mass is 10.1. The van der Waals surface area contributed by atoms with E-state index < -0.39 is 5.82 Å². The van der Waals surface area contributed by atoms with E-state index in [2.05, 4.69) is 5.10 Å². The molecule has 0 aliphatic heterocycles. The molecule has 4 nitrogen and oxygen atoms in total. The Morgan fingerprint density at radius 1 is 1.41 bits per heavy atom. The first-order chi connectivity index (χ1) is 8.17. The summed E-state index contributed by atoms with van der Waals surface area (Å²) in [5.74, 6) is -0.270. The fourth-order valence-electron chi connectivity index (χ4n) is 1.75. The number of aryl methyl sites for hydroxylation is 1. The largest absolute Gasteiger partial charge is 0.494 e. The highest BCUT2D eigenvalue weighted by molar-refractivity contribution is 5.67. The lowest BCUT2D eigenvalue weighted by Crippen LogP contribution is -1.93. The highest BCUT2D eigenvalue weighted by Crippen LogP contribution is 2.30. The number of aromatic nitrogens is 2. The zero-order valence-corrected chi connectivity index (χ0v) is 9.64. The minimum Gasteiger partial charge on any atom is -0.494 e. The molecular weight excluding hydrogens is 223 g/mol. The van der Waals surface area contributed by atoms with Gasteiger partial charge in [0.2, 0.25) is 0 Å². The van der Waals surface area contributed by atoms with Crippen molar-refractivity contribution in [3.63, 3.8) is 0 Å². The van der Waals surface area contributed by atoms with E-state index in [1.807, 2.05) is 0 Å². The highest BCUT2D eigenvalue weighted by Gasteiger charge is 2.15. The van der Waals surface area contributed by atoms with Gasteiger partial charge in [0.1, 0.15) is 0 Å². The molecule has 1 heterocycles. The van der Waals surface area contributed by atoms with E-state index in [4.69, 9.17) is 4.74 Å². The number of hydrogen-bond donors (Lipinski definition) is 1. The van der Waals surface area contributed by atoms with E-state index in [0.717, 1.165) is 0 Å². The van der Waals surface area contributed by atoms with Crippen molar-refractivity contribution in [2.45, 2.75) is 6.61 Å². The molecule has 0 aliphatic carbocycles. The molecule has 90 valence electrons. The number of aliphatic hydroxyl groups excluding tert-OH is 1. The van der Waals surface area contributed by atoms with Gasteiger partial charge >= 0.3 is 0 Å². The van der Waals surface area contributed by atoms with Crippen molar-refractivity contribution in [1.29, 1.82) is 0 Å². The van der Waals surface area contributed by atoms with Gasteiger partial charge in [0.05, 0.1) is 19.4 Å². The van der Waals surface area contributed by atoms with Crippen molar-refractivity contribution < 1.29 is 14.2 Å². The normalized spacial score (nSPS) is 10.6. The van der Waals surface area contributed by atoms with Gasteiger partial charge in [-0.25, -0.2) is 4.39 Å². The first-order valence-electron chi connectivity index (χ1n) is 5.13. The molecule has 5 heteroatoms. The van der Waals surface area contributed by atoms with E-state index >= 15 is 0 Å². The topological polar surface area (TPSA) is 47.3 Å². The molecule has 0 radical (unpaired) electrons. The Hall–Kier alpha value is -1.88. The third-order valence-corrected chi connectivity index (χ3v) is 2.53. The van der Waals surface area contributed by atoms with E-state index in [-0.39, 0.29) is 12.4 Å². The lowest BCUT2D eigenvalue weighted by molar-refractivity contribution is 0.276. The molecule has 0 unspecified atom stereocenters. The first kappa shape index (κ1) is 11.6. The van der Waals surface area contributed by atoms with Gasteiger partial charge in [0, 0.05) is 24.4 Å². The molecule has 0 bridgehead atoms. The number of rotatable bonds is 3. The van der Waals surface area contributed by atoms with Gasteiger partial charge in [-0.05, 0) is 6.07 Å². The Morgan fingerprint density at radius 3 is 2.82 bits per heavy atom. The molecule has 2 rings (SSSR count). The molecule has 0 saturated heterocycles. The summed E-state index contributed by atoms with van der Waals surface area (Å²) in [7, 11) is 3.14. The molecule has 1 N–H and O–H groups in total. The SMILES string of the molecule is COc1cccc(-c2cn(C)nc2CO)c1F. The van der Waals surface area contributed by atoms with Crippen LogP contribution in [0.15, 0.2) is 24.4 Å². The average molecular weight is 236 g/mol. The van der Waals surface area contributed by atoms with E-state index in [1.165, 1.54) is 7.11 Å². The van der Waals surface area contributed by atoms with Crippen LogP contribution in [-0.2, 0) is 13.7 Å². The maximum absolute atomic E-state index is 14.0. The molecular formula is C12H13FN2O2. The van der Waals surface area contributed by atoms with Crippen LogP contribution < -0.4 is 4.74 Å². The van der Waals surface area contributed by atoms with E-state index in [1.54, 1.807) is 36.1 Å². The van der Waals surface area contributed by atoms with Gasteiger partial charge in [-0.3, -0.25) is 4.68 Å². The van der Waals surface area contributed by atoms with Crippen LogP contribution in [0.4, 0.5) is 4.39 Å². The summed E-state index contributed by atoms with van der Waals surface area (Å²) in [6.45, 7) is -0.229. The predicted molar refractivity (Wildman–Crippen MR) is 61.1 cm³/mol. The maximum Gasteiger partial charge on any atom is 0.172 e. The zero-order chi connectivity index (χ0) is 12.4. The summed E-state index contributed by atoms with van der Waals surface area (Å²) in [4.78, 5) is 0. The van der Waals surface area contributed by atoms with Gasteiger partial charge in [0.25, 0.3) is 0 Å². The van der Waals surface area contributed by atoms with Gasteiger partial charge in [-0.1, -0.05) is 12.1 Å². The first-order valence-corrected chi connectivity index (χ1v) is 5.13. The molecule has 2 aromatic rings. The van der Waals surface area contributed by atoms with Crippen LogP contribution in [0.25, 0.3) is 11.1 Å². The summed E-state index contributed by atoms with van der Waals surface area (Å²) < 4.78 is 20.5. The fourth-order valence-corrected chi connectivity index (χ4v) is 1.75. The summed E-state index contributed by atoms with van der Waals surface area (Å²) >= 11 is 0.